The Hall–Kier alpha value is -1.05. The van der Waals surface area contributed by atoms with Gasteiger partial charge in [-0.3, -0.25) is 0 Å². The van der Waals surface area contributed by atoms with Crippen LogP contribution in [0, 0.1) is 5.92 Å². The number of hydrogen-bond acceptors (Lipinski definition) is 3. The summed E-state index contributed by atoms with van der Waals surface area (Å²) < 4.78 is 6.10. The van der Waals surface area contributed by atoms with Crippen molar-refractivity contribution in [2.45, 2.75) is 43.4 Å². The molecule has 24 heavy (non-hydrogen) atoms. The summed E-state index contributed by atoms with van der Waals surface area (Å²) in [5.74, 6) is 2.48. The monoisotopic (exact) mass is 348 g/mol. The van der Waals surface area contributed by atoms with Crippen LogP contribution in [0.3, 0.4) is 0 Å². The van der Waals surface area contributed by atoms with Gasteiger partial charge in [-0.25, -0.2) is 0 Å². The second-order valence-electron chi connectivity index (χ2n) is 8.32. The molecule has 0 spiro atoms. The van der Waals surface area contributed by atoms with Gasteiger partial charge in [-0.1, -0.05) is 0 Å². The maximum atomic E-state index is 10.5. The van der Waals surface area contributed by atoms with Crippen LogP contribution in [0.25, 0.3) is 0 Å². The molecule has 2 heterocycles. The number of phenols is 1. The molecule has 1 saturated carbocycles. The first-order valence-corrected chi connectivity index (χ1v) is 12.3. The van der Waals surface area contributed by atoms with E-state index in [-0.39, 0.29) is 12.7 Å². The van der Waals surface area contributed by atoms with Crippen molar-refractivity contribution in [1.82, 2.24) is 0 Å². The van der Waals surface area contributed by atoms with Crippen molar-refractivity contribution in [2.75, 3.05) is 25.6 Å². The molecule has 132 valence electrons. The molecule has 0 bridgehead atoms. The van der Waals surface area contributed by atoms with Crippen molar-refractivity contribution in [3.63, 3.8) is 0 Å². The zero-order valence-electron chi connectivity index (χ0n) is 14.5. The molecule has 4 heteroatoms. The molecule has 2 aliphatic heterocycles. The number of ether oxygens (including phenoxy) is 1. The van der Waals surface area contributed by atoms with Gasteiger partial charge in [0, 0.05) is 0 Å². The minimum absolute atomic E-state index is 0.0189. The predicted octanol–water partition coefficient (Wildman–Crippen LogP) is 3.52. The molecule has 0 radical (unpaired) electrons. The van der Waals surface area contributed by atoms with Crippen molar-refractivity contribution >= 4 is 7.26 Å². The first kappa shape index (κ1) is 16.4. The Kier molecular flexibility index (Phi) is 4.13. The second kappa shape index (κ2) is 6.04. The summed E-state index contributed by atoms with van der Waals surface area (Å²) in [7, 11) is -1.57. The molecular formula is C20H29O3P. The molecule has 3 atom stereocenters. The Labute approximate surface area is 145 Å². The van der Waals surface area contributed by atoms with Crippen molar-refractivity contribution in [3.05, 3.63) is 35.9 Å². The average Bonchev–Trinajstić information content (AvgIpc) is 3.29. The summed E-state index contributed by atoms with van der Waals surface area (Å²) in [6, 6.07) is 3.65. The molecule has 0 saturated heterocycles. The molecule has 2 N–H and O–H groups in total. The second-order valence-corrected chi connectivity index (χ2v) is 13.4. The van der Waals surface area contributed by atoms with E-state index in [2.05, 4.69) is 13.2 Å². The van der Waals surface area contributed by atoms with E-state index in [1.165, 1.54) is 30.7 Å². The number of benzene rings is 1. The van der Waals surface area contributed by atoms with E-state index in [9.17, 15) is 10.2 Å². The molecular weight excluding hydrogens is 319 g/mol. The molecule has 1 aromatic carbocycles. The zero-order chi connectivity index (χ0) is 16.9. The van der Waals surface area contributed by atoms with Gasteiger partial charge in [-0.15, -0.1) is 0 Å². The van der Waals surface area contributed by atoms with Crippen LogP contribution >= 0.6 is 7.26 Å². The Morgan fingerprint density at radius 2 is 2.12 bits per heavy atom. The summed E-state index contributed by atoms with van der Waals surface area (Å²) >= 11 is 0. The van der Waals surface area contributed by atoms with Gasteiger partial charge < -0.3 is 0 Å². The molecule has 3 aliphatic rings. The van der Waals surface area contributed by atoms with Crippen molar-refractivity contribution in [3.8, 4) is 11.5 Å². The Balaban J connectivity index is 1.76. The van der Waals surface area contributed by atoms with Crippen LogP contribution in [-0.4, -0.2) is 47.6 Å². The molecule has 4 rings (SSSR count). The molecule has 2 unspecified atom stereocenters. The van der Waals surface area contributed by atoms with Gasteiger partial charge in [-0.2, -0.15) is 0 Å². The van der Waals surface area contributed by atoms with E-state index in [1.54, 1.807) is 6.07 Å². The van der Waals surface area contributed by atoms with Crippen LogP contribution < -0.4 is 4.74 Å². The van der Waals surface area contributed by atoms with Gasteiger partial charge in [0.05, 0.1) is 0 Å². The molecule has 1 aromatic rings. The van der Waals surface area contributed by atoms with Gasteiger partial charge in [-0.05, 0) is 0 Å². The summed E-state index contributed by atoms with van der Waals surface area (Å²) in [6.07, 6.45) is 9.13. The number of aromatic hydroxyl groups is 1. The fourth-order valence-corrected chi connectivity index (χ4v) is 9.77. The third-order valence-electron chi connectivity index (χ3n) is 6.69. The van der Waals surface area contributed by atoms with Crippen LogP contribution in [0.2, 0.25) is 0 Å². The first-order chi connectivity index (χ1) is 11.6. The summed E-state index contributed by atoms with van der Waals surface area (Å²) in [5.41, 5.74) is 2.54. The minimum atomic E-state index is -1.57. The van der Waals surface area contributed by atoms with Crippen molar-refractivity contribution in [2.24, 2.45) is 5.92 Å². The van der Waals surface area contributed by atoms with E-state index in [0.29, 0.717) is 17.3 Å². The fourth-order valence-electron chi connectivity index (χ4n) is 4.99. The number of rotatable bonds is 4. The van der Waals surface area contributed by atoms with Gasteiger partial charge >= 0.3 is 145 Å². The van der Waals surface area contributed by atoms with Crippen LogP contribution in [0.5, 0.6) is 11.5 Å². The SMILES string of the molecule is C=CC1Oc2ccc(O)c3c2[C@H]1CC[PH](C)(CC1CC1)C(CO)C3. The van der Waals surface area contributed by atoms with Crippen LogP contribution in [0.15, 0.2) is 24.8 Å². The van der Waals surface area contributed by atoms with Crippen molar-refractivity contribution in [1.29, 1.82) is 0 Å². The Morgan fingerprint density at radius 1 is 1.33 bits per heavy atom. The molecule has 0 amide bonds. The van der Waals surface area contributed by atoms with E-state index in [4.69, 9.17) is 4.74 Å². The summed E-state index contributed by atoms with van der Waals surface area (Å²) in [6.45, 7) is 6.69. The van der Waals surface area contributed by atoms with Gasteiger partial charge in [0.2, 0.25) is 0 Å². The Bertz CT molecular complexity index is 655. The third-order valence-corrected chi connectivity index (χ3v) is 12.0. The van der Waals surface area contributed by atoms with E-state index in [1.807, 2.05) is 12.1 Å². The Morgan fingerprint density at radius 3 is 2.79 bits per heavy atom. The number of phenolic OH excluding ortho intramolecular Hbond substituents is 1. The summed E-state index contributed by atoms with van der Waals surface area (Å²) in [4.78, 5) is 0. The van der Waals surface area contributed by atoms with E-state index in [0.717, 1.165) is 30.1 Å². The van der Waals surface area contributed by atoms with Gasteiger partial charge in [0.1, 0.15) is 0 Å². The maximum absolute atomic E-state index is 10.5. The third kappa shape index (κ3) is 2.66. The first-order valence-electron chi connectivity index (χ1n) is 9.30. The quantitative estimate of drug-likeness (QED) is 0.647. The number of hydrogen-bond donors (Lipinski definition) is 2. The molecule has 3 nitrogen and oxygen atoms in total. The van der Waals surface area contributed by atoms with Crippen molar-refractivity contribution < 1.29 is 14.9 Å². The average molecular weight is 348 g/mol. The van der Waals surface area contributed by atoms with Crippen LogP contribution in [0.1, 0.15) is 36.3 Å². The molecule has 1 aliphatic carbocycles. The number of aliphatic hydroxyl groups is 1. The van der Waals surface area contributed by atoms with Gasteiger partial charge in [0.25, 0.3) is 0 Å². The van der Waals surface area contributed by atoms with E-state index < -0.39 is 7.26 Å². The predicted molar refractivity (Wildman–Crippen MR) is 101 cm³/mol. The van der Waals surface area contributed by atoms with Crippen LogP contribution in [-0.2, 0) is 6.42 Å². The van der Waals surface area contributed by atoms with Gasteiger partial charge in [0.15, 0.2) is 0 Å². The molecule has 1 fully saturated rings. The fraction of sp³-hybridized carbons (Fsp3) is 0.600. The zero-order valence-corrected chi connectivity index (χ0v) is 15.5. The number of aliphatic hydroxyl groups excluding tert-OH is 1. The standard InChI is InChI=1S/C20H29O3P/c1-3-18-15-8-9-24(2,12-13-4-5-13)14(11-21)10-16-17(22)6-7-19(23-18)20(15)16/h3,6-7,13-15,18,21-22,24H,1,4-5,8-12H2,2H3/t14?,15-,18?/m0/s1. The van der Waals surface area contributed by atoms with E-state index >= 15 is 0 Å². The van der Waals surface area contributed by atoms with Crippen LogP contribution in [0.4, 0.5) is 0 Å². The molecule has 0 aromatic heterocycles. The topological polar surface area (TPSA) is 49.7 Å². The normalized spacial score (nSPS) is 32.2. The summed E-state index contributed by atoms with van der Waals surface area (Å²) in [5, 5.41) is 20.7.